The monoisotopic (exact) mass is 281 g/mol. The zero-order valence-electron chi connectivity index (χ0n) is 12.2. The van der Waals surface area contributed by atoms with Crippen LogP contribution in [0.1, 0.15) is 38.2 Å². The summed E-state index contributed by atoms with van der Waals surface area (Å²) in [6.07, 6.45) is 0.965. The quantitative estimate of drug-likeness (QED) is 0.604. The molecule has 108 valence electrons. The van der Waals surface area contributed by atoms with E-state index in [1.807, 2.05) is 27.7 Å². The van der Waals surface area contributed by atoms with Crippen molar-refractivity contribution in [3.8, 4) is 0 Å². The Hall–Kier alpha value is -1.47. The first-order valence-corrected chi connectivity index (χ1v) is 6.27. The van der Waals surface area contributed by atoms with E-state index in [2.05, 4.69) is 9.72 Å². The van der Waals surface area contributed by atoms with Crippen LogP contribution in [0, 0.1) is 5.82 Å². The van der Waals surface area contributed by atoms with E-state index in [0.717, 1.165) is 6.20 Å². The van der Waals surface area contributed by atoms with Crippen LogP contribution in [0.2, 0.25) is 0 Å². The van der Waals surface area contributed by atoms with Crippen molar-refractivity contribution >= 4 is 18.6 Å². The van der Waals surface area contributed by atoms with Crippen LogP contribution < -0.4 is 5.46 Å². The van der Waals surface area contributed by atoms with Gasteiger partial charge >= 0.3 is 13.1 Å². The fraction of sp³-hybridized carbons (Fsp3) is 0.538. The minimum Gasteiger partial charge on any atom is -0.464 e. The number of aromatic nitrogens is 1. The molecule has 1 aromatic heterocycles. The van der Waals surface area contributed by atoms with Gasteiger partial charge in [-0.2, -0.15) is 0 Å². The van der Waals surface area contributed by atoms with Gasteiger partial charge in [0.1, 0.15) is 11.5 Å². The Balaban J connectivity index is 2.37. The molecule has 0 bridgehead atoms. The van der Waals surface area contributed by atoms with Gasteiger partial charge in [-0.05, 0) is 33.8 Å². The summed E-state index contributed by atoms with van der Waals surface area (Å²) < 4.78 is 30.0. The molecule has 0 aliphatic carbocycles. The number of halogens is 1. The Morgan fingerprint density at radius 3 is 2.35 bits per heavy atom. The van der Waals surface area contributed by atoms with Crippen LogP contribution in [0.4, 0.5) is 4.39 Å². The maximum atomic E-state index is 13.9. The number of pyridine rings is 1. The van der Waals surface area contributed by atoms with Gasteiger partial charge in [0.15, 0.2) is 0 Å². The first-order valence-electron chi connectivity index (χ1n) is 6.27. The summed E-state index contributed by atoms with van der Waals surface area (Å²) in [5, 5.41) is 0. The van der Waals surface area contributed by atoms with Gasteiger partial charge in [0.25, 0.3) is 0 Å². The molecule has 0 aromatic carbocycles. The zero-order valence-corrected chi connectivity index (χ0v) is 12.2. The topological polar surface area (TPSA) is 57.7 Å². The third kappa shape index (κ3) is 2.43. The summed E-state index contributed by atoms with van der Waals surface area (Å²) in [5.74, 6) is -1.22. The molecular weight excluding hydrogens is 264 g/mol. The maximum Gasteiger partial charge on any atom is 0.497 e. The summed E-state index contributed by atoms with van der Waals surface area (Å²) in [6.45, 7) is 7.47. The molecule has 7 heteroatoms. The van der Waals surface area contributed by atoms with Gasteiger partial charge in [0.2, 0.25) is 0 Å². The molecule has 2 heterocycles. The largest absolute Gasteiger partial charge is 0.497 e. The minimum atomic E-state index is -0.883. The number of carbonyl (C=O) groups is 1. The molecule has 0 N–H and O–H groups in total. The molecular formula is C13H17BFNO4. The summed E-state index contributed by atoms with van der Waals surface area (Å²) >= 11 is 0. The fourth-order valence-corrected chi connectivity index (χ4v) is 1.82. The van der Waals surface area contributed by atoms with Crippen LogP contribution in [0.15, 0.2) is 12.3 Å². The molecule has 0 unspecified atom stereocenters. The standard InChI is InChI=1S/C13H17BFNO4/c1-12(2)13(3,4)20-14(19-12)8-6-10(11(17)18-5)16-7-9(8)15/h6-7H,1-5H3. The van der Waals surface area contributed by atoms with Gasteiger partial charge < -0.3 is 14.0 Å². The van der Waals surface area contributed by atoms with Gasteiger partial charge in [0, 0.05) is 5.46 Å². The van der Waals surface area contributed by atoms with Gasteiger partial charge in [-0.3, -0.25) is 0 Å². The molecule has 0 saturated carbocycles. The molecule has 0 amide bonds. The molecule has 5 nitrogen and oxygen atoms in total. The van der Waals surface area contributed by atoms with E-state index in [9.17, 15) is 9.18 Å². The number of hydrogen-bond donors (Lipinski definition) is 0. The molecule has 2 rings (SSSR count). The highest BCUT2D eigenvalue weighted by atomic mass is 19.1. The Bertz CT molecular complexity index is 531. The molecule has 1 fully saturated rings. The van der Waals surface area contributed by atoms with Crippen molar-refractivity contribution in [1.29, 1.82) is 0 Å². The van der Waals surface area contributed by atoms with E-state index < -0.39 is 30.1 Å². The van der Waals surface area contributed by atoms with Crippen LogP contribution in [-0.4, -0.2) is 36.4 Å². The van der Waals surface area contributed by atoms with E-state index >= 15 is 0 Å². The van der Waals surface area contributed by atoms with Crippen molar-refractivity contribution in [1.82, 2.24) is 4.98 Å². The van der Waals surface area contributed by atoms with E-state index in [-0.39, 0.29) is 11.2 Å². The number of nitrogens with zero attached hydrogens (tertiary/aromatic N) is 1. The predicted molar refractivity (Wildman–Crippen MR) is 71.3 cm³/mol. The molecule has 20 heavy (non-hydrogen) atoms. The third-order valence-corrected chi connectivity index (χ3v) is 3.79. The highest BCUT2D eigenvalue weighted by Crippen LogP contribution is 2.36. The number of hydrogen-bond acceptors (Lipinski definition) is 5. The fourth-order valence-electron chi connectivity index (χ4n) is 1.82. The van der Waals surface area contributed by atoms with Crippen molar-refractivity contribution in [2.45, 2.75) is 38.9 Å². The molecule has 0 spiro atoms. The molecule has 0 atom stereocenters. The molecule has 1 aromatic rings. The van der Waals surface area contributed by atoms with Crippen molar-refractivity contribution < 1.29 is 23.2 Å². The minimum absolute atomic E-state index is 0.0126. The second-order valence-electron chi connectivity index (χ2n) is 5.67. The lowest BCUT2D eigenvalue weighted by molar-refractivity contribution is 0.00578. The summed E-state index contributed by atoms with van der Waals surface area (Å²) in [5.41, 5.74) is -1.02. The normalized spacial score (nSPS) is 20.0. The number of carbonyl (C=O) groups excluding carboxylic acids is 1. The first kappa shape index (κ1) is 14.9. The molecule has 1 aliphatic rings. The smallest absolute Gasteiger partial charge is 0.464 e. The van der Waals surface area contributed by atoms with Crippen molar-refractivity contribution in [2.24, 2.45) is 0 Å². The summed E-state index contributed by atoms with van der Waals surface area (Å²) in [4.78, 5) is 15.2. The maximum absolute atomic E-state index is 13.9. The number of methoxy groups -OCH3 is 1. The Labute approximate surface area is 117 Å². The zero-order chi connectivity index (χ0) is 15.1. The van der Waals surface area contributed by atoms with Crippen LogP contribution in [-0.2, 0) is 14.0 Å². The summed E-state index contributed by atoms with van der Waals surface area (Å²) in [7, 11) is 0.355. The SMILES string of the molecule is COC(=O)c1cc(B2OC(C)(C)C(C)(C)O2)c(F)cn1. The van der Waals surface area contributed by atoms with Gasteiger partial charge in [-0.1, -0.05) is 0 Å². The van der Waals surface area contributed by atoms with Crippen LogP contribution in [0.5, 0.6) is 0 Å². The molecule has 0 radical (unpaired) electrons. The number of esters is 1. The van der Waals surface area contributed by atoms with Crippen LogP contribution >= 0.6 is 0 Å². The van der Waals surface area contributed by atoms with Gasteiger partial charge in [0.05, 0.1) is 24.5 Å². The van der Waals surface area contributed by atoms with E-state index in [1.54, 1.807) is 0 Å². The van der Waals surface area contributed by atoms with E-state index in [4.69, 9.17) is 9.31 Å². The first-order chi connectivity index (χ1) is 9.18. The van der Waals surface area contributed by atoms with Gasteiger partial charge in [-0.25, -0.2) is 14.2 Å². The molecule has 1 aliphatic heterocycles. The van der Waals surface area contributed by atoms with Crippen LogP contribution in [0.25, 0.3) is 0 Å². The summed E-state index contributed by atoms with van der Waals surface area (Å²) in [6, 6.07) is 1.29. The lowest BCUT2D eigenvalue weighted by atomic mass is 9.79. The average molecular weight is 281 g/mol. The second kappa shape index (κ2) is 4.82. The van der Waals surface area contributed by atoms with E-state index in [0.29, 0.717) is 0 Å². The molecule has 1 saturated heterocycles. The second-order valence-corrected chi connectivity index (χ2v) is 5.67. The Morgan fingerprint density at radius 1 is 1.30 bits per heavy atom. The lowest BCUT2D eigenvalue weighted by Gasteiger charge is -2.32. The van der Waals surface area contributed by atoms with E-state index in [1.165, 1.54) is 13.2 Å². The average Bonchev–Trinajstić information content (AvgIpc) is 2.58. The number of rotatable bonds is 2. The highest BCUT2D eigenvalue weighted by Gasteiger charge is 2.52. The van der Waals surface area contributed by atoms with Crippen molar-refractivity contribution in [3.63, 3.8) is 0 Å². The van der Waals surface area contributed by atoms with Crippen LogP contribution in [0.3, 0.4) is 0 Å². The Morgan fingerprint density at radius 2 is 1.85 bits per heavy atom. The predicted octanol–water partition coefficient (Wildman–Crippen LogP) is 1.31. The van der Waals surface area contributed by atoms with Crippen molar-refractivity contribution in [2.75, 3.05) is 7.11 Å². The number of ether oxygens (including phenoxy) is 1. The van der Waals surface area contributed by atoms with Gasteiger partial charge in [-0.15, -0.1) is 0 Å². The lowest BCUT2D eigenvalue weighted by Crippen LogP contribution is -2.41. The third-order valence-electron chi connectivity index (χ3n) is 3.79. The highest BCUT2D eigenvalue weighted by molar-refractivity contribution is 6.62. The van der Waals surface area contributed by atoms with Crippen molar-refractivity contribution in [3.05, 3.63) is 23.8 Å². The Kier molecular flexibility index (Phi) is 3.60.